The topological polar surface area (TPSA) is 39.2 Å². The van der Waals surface area contributed by atoms with E-state index in [9.17, 15) is 4.39 Å². The van der Waals surface area contributed by atoms with E-state index < -0.39 is 6.04 Å². The minimum Gasteiger partial charge on any atom is -0.457 e. The van der Waals surface area contributed by atoms with E-state index in [0.717, 1.165) is 9.86 Å². The fraction of sp³-hybridized carbons (Fsp3) is 0.0667. The van der Waals surface area contributed by atoms with Gasteiger partial charge in [0.15, 0.2) is 5.58 Å². The molecule has 0 fully saturated rings. The first kappa shape index (κ1) is 13.6. The molecule has 1 unspecified atom stereocenters. The Morgan fingerprint density at radius 1 is 1.20 bits per heavy atom. The molecule has 1 atom stereocenters. The molecule has 20 heavy (non-hydrogen) atoms. The molecule has 2 nitrogen and oxygen atoms in total. The van der Waals surface area contributed by atoms with Crippen molar-refractivity contribution >= 4 is 38.5 Å². The molecule has 3 rings (SSSR count). The molecule has 0 aliphatic heterocycles. The Labute approximate surface area is 128 Å². The molecule has 0 bridgehead atoms. The number of furan rings is 1. The molecule has 102 valence electrons. The third kappa shape index (κ3) is 2.35. The minimum absolute atomic E-state index is 0.340. The molecule has 2 aromatic carbocycles. The van der Waals surface area contributed by atoms with Crippen LogP contribution in [0.2, 0.25) is 5.02 Å². The van der Waals surface area contributed by atoms with Gasteiger partial charge in [0.2, 0.25) is 0 Å². The maximum Gasteiger partial charge on any atom is 0.152 e. The zero-order chi connectivity index (χ0) is 14.3. The van der Waals surface area contributed by atoms with Crippen molar-refractivity contribution in [1.29, 1.82) is 0 Å². The lowest BCUT2D eigenvalue weighted by Gasteiger charge is -2.11. The molecule has 1 aromatic heterocycles. The van der Waals surface area contributed by atoms with E-state index in [4.69, 9.17) is 21.8 Å². The van der Waals surface area contributed by atoms with Crippen LogP contribution in [0.3, 0.4) is 0 Å². The van der Waals surface area contributed by atoms with Crippen molar-refractivity contribution in [3.05, 3.63) is 69.1 Å². The third-order valence-electron chi connectivity index (χ3n) is 3.11. The summed E-state index contributed by atoms with van der Waals surface area (Å²) in [6.07, 6.45) is 0. The monoisotopic (exact) mass is 353 g/mol. The molecule has 0 spiro atoms. The highest BCUT2D eigenvalue weighted by atomic mass is 79.9. The predicted octanol–water partition coefficient (Wildman–Crippen LogP) is 5.04. The zero-order valence-electron chi connectivity index (χ0n) is 10.2. The van der Waals surface area contributed by atoms with Crippen molar-refractivity contribution in [3.8, 4) is 0 Å². The first-order valence-electron chi connectivity index (χ1n) is 5.95. The Bertz CT molecular complexity index is 787. The normalized spacial score (nSPS) is 12.8. The molecular weight excluding hydrogens is 345 g/mol. The number of para-hydroxylation sites is 1. The lowest BCUT2D eigenvalue weighted by molar-refractivity contribution is 0.522. The Balaban J connectivity index is 2.10. The van der Waals surface area contributed by atoms with Crippen LogP contribution < -0.4 is 5.73 Å². The van der Waals surface area contributed by atoms with Gasteiger partial charge in [-0.3, -0.25) is 0 Å². The second-order valence-corrected chi connectivity index (χ2v) is 5.71. The molecule has 0 saturated heterocycles. The predicted molar refractivity (Wildman–Crippen MR) is 81.4 cm³/mol. The molecule has 0 amide bonds. The first-order chi connectivity index (χ1) is 9.56. The Hall–Kier alpha value is -1.36. The quantitative estimate of drug-likeness (QED) is 0.700. The lowest BCUT2D eigenvalue weighted by atomic mass is 10.1. The standard InChI is InChI=1S/C15H10BrClFNO/c16-11-5-4-9(18)7-10(11)14(19)13-6-8-2-1-3-12(17)15(8)20-13/h1-7,14H,19H2. The van der Waals surface area contributed by atoms with Crippen LogP contribution in [0.5, 0.6) is 0 Å². The number of rotatable bonds is 2. The van der Waals surface area contributed by atoms with Crippen LogP contribution in [0.25, 0.3) is 11.0 Å². The van der Waals surface area contributed by atoms with Crippen molar-refractivity contribution in [2.24, 2.45) is 5.73 Å². The van der Waals surface area contributed by atoms with Crippen molar-refractivity contribution in [2.45, 2.75) is 6.04 Å². The second-order valence-electron chi connectivity index (χ2n) is 4.45. The van der Waals surface area contributed by atoms with Crippen LogP contribution in [0, 0.1) is 5.82 Å². The first-order valence-corrected chi connectivity index (χ1v) is 7.12. The summed E-state index contributed by atoms with van der Waals surface area (Å²) >= 11 is 9.45. The van der Waals surface area contributed by atoms with E-state index in [0.29, 0.717) is 21.9 Å². The van der Waals surface area contributed by atoms with Gasteiger partial charge in [-0.15, -0.1) is 0 Å². The smallest absolute Gasteiger partial charge is 0.152 e. The highest BCUT2D eigenvalue weighted by Gasteiger charge is 2.18. The molecule has 0 aliphatic carbocycles. The van der Waals surface area contributed by atoms with Crippen LogP contribution in [-0.2, 0) is 0 Å². The summed E-state index contributed by atoms with van der Waals surface area (Å²) in [7, 11) is 0. The van der Waals surface area contributed by atoms with Crippen LogP contribution >= 0.6 is 27.5 Å². The maximum atomic E-state index is 13.4. The van der Waals surface area contributed by atoms with Gasteiger partial charge in [-0.05, 0) is 35.9 Å². The van der Waals surface area contributed by atoms with Crippen molar-refractivity contribution in [1.82, 2.24) is 0 Å². The van der Waals surface area contributed by atoms with Gasteiger partial charge in [0.05, 0.1) is 11.1 Å². The minimum atomic E-state index is -0.566. The van der Waals surface area contributed by atoms with E-state index in [1.165, 1.54) is 12.1 Å². The summed E-state index contributed by atoms with van der Waals surface area (Å²) in [5.74, 6) is 0.201. The van der Waals surface area contributed by atoms with Crippen molar-refractivity contribution < 1.29 is 8.81 Å². The number of nitrogens with two attached hydrogens (primary N) is 1. The van der Waals surface area contributed by atoms with Gasteiger partial charge in [-0.2, -0.15) is 0 Å². The maximum absolute atomic E-state index is 13.4. The largest absolute Gasteiger partial charge is 0.457 e. The second kappa shape index (κ2) is 5.20. The van der Waals surface area contributed by atoms with Gasteiger partial charge < -0.3 is 10.2 Å². The highest BCUT2D eigenvalue weighted by Crippen LogP contribution is 2.33. The highest BCUT2D eigenvalue weighted by molar-refractivity contribution is 9.10. The van der Waals surface area contributed by atoms with Gasteiger partial charge in [0.1, 0.15) is 11.6 Å². The van der Waals surface area contributed by atoms with E-state index >= 15 is 0 Å². The number of fused-ring (bicyclic) bond motifs is 1. The summed E-state index contributed by atoms with van der Waals surface area (Å²) < 4.78 is 19.8. The van der Waals surface area contributed by atoms with Gasteiger partial charge in [-0.1, -0.05) is 39.7 Å². The average molecular weight is 355 g/mol. The van der Waals surface area contributed by atoms with Crippen LogP contribution in [-0.4, -0.2) is 0 Å². The molecule has 2 N–H and O–H groups in total. The summed E-state index contributed by atoms with van der Waals surface area (Å²) in [6.45, 7) is 0. The third-order valence-corrected chi connectivity index (χ3v) is 4.13. The van der Waals surface area contributed by atoms with Crippen LogP contribution in [0.4, 0.5) is 4.39 Å². The van der Waals surface area contributed by atoms with Crippen molar-refractivity contribution in [2.75, 3.05) is 0 Å². The SMILES string of the molecule is NC(c1cc2cccc(Cl)c2o1)c1cc(F)ccc1Br. The fourth-order valence-electron chi connectivity index (χ4n) is 2.11. The molecule has 3 aromatic rings. The molecule has 0 saturated carbocycles. The Kier molecular flexibility index (Phi) is 3.54. The molecule has 5 heteroatoms. The van der Waals surface area contributed by atoms with Gasteiger partial charge in [0.25, 0.3) is 0 Å². The molecule has 0 aliphatic rings. The number of halogens is 3. The lowest BCUT2D eigenvalue weighted by Crippen LogP contribution is -2.11. The van der Waals surface area contributed by atoms with E-state index in [2.05, 4.69) is 15.9 Å². The summed E-state index contributed by atoms with van der Waals surface area (Å²) in [4.78, 5) is 0. The van der Waals surface area contributed by atoms with Gasteiger partial charge in [0, 0.05) is 9.86 Å². The van der Waals surface area contributed by atoms with Crippen molar-refractivity contribution in [3.63, 3.8) is 0 Å². The van der Waals surface area contributed by atoms with Crippen LogP contribution in [0.15, 0.2) is 51.4 Å². The van der Waals surface area contributed by atoms with E-state index in [1.807, 2.05) is 18.2 Å². The van der Waals surface area contributed by atoms with Gasteiger partial charge >= 0.3 is 0 Å². The summed E-state index contributed by atoms with van der Waals surface area (Å²) in [5.41, 5.74) is 7.38. The number of hydrogen-bond acceptors (Lipinski definition) is 2. The average Bonchev–Trinajstić information content (AvgIpc) is 2.86. The number of hydrogen-bond donors (Lipinski definition) is 1. The molecular formula is C15H10BrClFNO. The zero-order valence-corrected chi connectivity index (χ0v) is 12.6. The van der Waals surface area contributed by atoms with Gasteiger partial charge in [-0.25, -0.2) is 4.39 Å². The van der Waals surface area contributed by atoms with E-state index in [1.54, 1.807) is 12.1 Å². The number of benzene rings is 2. The van der Waals surface area contributed by atoms with Crippen LogP contribution in [0.1, 0.15) is 17.4 Å². The molecule has 1 heterocycles. The fourth-order valence-corrected chi connectivity index (χ4v) is 2.82. The summed E-state index contributed by atoms with van der Waals surface area (Å²) in [6, 6.07) is 11.1. The summed E-state index contributed by atoms with van der Waals surface area (Å²) in [5, 5.41) is 1.40. The van der Waals surface area contributed by atoms with E-state index in [-0.39, 0.29) is 5.82 Å². The Morgan fingerprint density at radius 3 is 2.75 bits per heavy atom. The Morgan fingerprint density at radius 2 is 2.00 bits per heavy atom. The molecule has 0 radical (unpaired) electrons.